The van der Waals surface area contributed by atoms with Crippen molar-refractivity contribution in [3.05, 3.63) is 30.3 Å². The second-order valence-electron chi connectivity index (χ2n) is 4.69. The van der Waals surface area contributed by atoms with Crippen molar-refractivity contribution in [2.24, 2.45) is 10.9 Å². The Morgan fingerprint density at radius 3 is 2.68 bits per heavy atom. The molecule has 0 aromatic heterocycles. The summed E-state index contributed by atoms with van der Waals surface area (Å²) in [7, 11) is 0.813. The molecule has 4 nitrogen and oxygen atoms in total. The average molecular weight is 279 g/mol. The van der Waals surface area contributed by atoms with Gasteiger partial charge in [-0.25, -0.2) is 0 Å². The van der Waals surface area contributed by atoms with Crippen LogP contribution in [-0.4, -0.2) is 36.1 Å². The fourth-order valence-corrected chi connectivity index (χ4v) is 2.72. The van der Waals surface area contributed by atoms with Crippen LogP contribution in [0, 0.1) is 5.92 Å². The summed E-state index contributed by atoms with van der Waals surface area (Å²) in [5.74, 6) is 2.21. The van der Waals surface area contributed by atoms with Crippen molar-refractivity contribution in [2.75, 3.05) is 25.9 Å². The Balaban J connectivity index is 1.68. The maximum atomic E-state index is 12.0. The largest absolute Gasteiger partial charge is 0.356 e. The van der Waals surface area contributed by atoms with E-state index in [2.05, 4.69) is 15.6 Å². The van der Waals surface area contributed by atoms with Gasteiger partial charge in [0.25, 0.3) is 0 Å². The number of hydrogen-bond acceptors (Lipinski definition) is 2. The van der Waals surface area contributed by atoms with Gasteiger partial charge in [0.2, 0.25) is 0 Å². The number of benzene rings is 1. The molecular formula is C14H21N3OS. The van der Waals surface area contributed by atoms with Crippen molar-refractivity contribution in [2.45, 2.75) is 17.7 Å². The number of guanidine groups is 1. The second-order valence-corrected chi connectivity index (χ2v) is 6.26. The first-order chi connectivity index (χ1) is 9.29. The fraction of sp³-hybridized carbons (Fsp3) is 0.500. The van der Waals surface area contributed by atoms with E-state index in [1.807, 2.05) is 30.3 Å². The van der Waals surface area contributed by atoms with Crippen LogP contribution < -0.4 is 10.6 Å². The predicted molar refractivity (Wildman–Crippen MR) is 79.8 cm³/mol. The molecule has 1 aromatic carbocycles. The van der Waals surface area contributed by atoms with Crippen LogP contribution in [0.5, 0.6) is 0 Å². The molecule has 104 valence electrons. The Labute approximate surface area is 117 Å². The Hall–Kier alpha value is -1.36. The van der Waals surface area contributed by atoms with Gasteiger partial charge in [-0.1, -0.05) is 18.2 Å². The van der Waals surface area contributed by atoms with Gasteiger partial charge in [0, 0.05) is 30.8 Å². The summed E-state index contributed by atoms with van der Waals surface area (Å²) in [6.07, 6.45) is 2.64. The van der Waals surface area contributed by atoms with Crippen LogP contribution in [-0.2, 0) is 10.8 Å². The quantitative estimate of drug-likeness (QED) is 0.611. The molecule has 1 aliphatic rings. The van der Waals surface area contributed by atoms with Gasteiger partial charge in [0.05, 0.1) is 10.8 Å². The molecule has 2 rings (SSSR count). The summed E-state index contributed by atoms with van der Waals surface area (Å²) in [5.41, 5.74) is 0. The van der Waals surface area contributed by atoms with Crippen molar-refractivity contribution in [1.29, 1.82) is 0 Å². The van der Waals surface area contributed by atoms with Gasteiger partial charge >= 0.3 is 0 Å². The van der Waals surface area contributed by atoms with Gasteiger partial charge in [-0.15, -0.1) is 0 Å². The third kappa shape index (κ3) is 5.03. The molecule has 1 atom stereocenters. The Morgan fingerprint density at radius 1 is 1.32 bits per heavy atom. The van der Waals surface area contributed by atoms with Gasteiger partial charge in [-0.3, -0.25) is 9.20 Å². The summed E-state index contributed by atoms with van der Waals surface area (Å²) in [4.78, 5) is 5.03. The number of rotatable bonds is 6. The second kappa shape index (κ2) is 7.28. The van der Waals surface area contributed by atoms with Gasteiger partial charge in [-0.05, 0) is 30.9 Å². The van der Waals surface area contributed by atoms with E-state index in [4.69, 9.17) is 0 Å². The van der Waals surface area contributed by atoms with E-state index in [1.165, 1.54) is 12.8 Å². The van der Waals surface area contributed by atoms with Crippen molar-refractivity contribution in [1.82, 2.24) is 10.6 Å². The lowest BCUT2D eigenvalue weighted by Crippen LogP contribution is -2.40. The molecule has 0 saturated heterocycles. The Morgan fingerprint density at radius 2 is 2.05 bits per heavy atom. The maximum absolute atomic E-state index is 12.0. The van der Waals surface area contributed by atoms with Gasteiger partial charge in [0.1, 0.15) is 0 Å². The SMILES string of the molecule is CN=C(NCCS(=O)c1ccccc1)NCC1CC1. The van der Waals surface area contributed by atoms with Crippen LogP contribution in [0.3, 0.4) is 0 Å². The van der Waals surface area contributed by atoms with E-state index < -0.39 is 10.8 Å². The van der Waals surface area contributed by atoms with Crippen molar-refractivity contribution >= 4 is 16.8 Å². The minimum absolute atomic E-state index is 0.591. The number of aliphatic imine (C=N–C) groups is 1. The van der Waals surface area contributed by atoms with Crippen molar-refractivity contribution in [3.8, 4) is 0 Å². The predicted octanol–water partition coefficient (Wildman–Crippen LogP) is 1.37. The lowest BCUT2D eigenvalue weighted by atomic mass is 10.4. The minimum Gasteiger partial charge on any atom is -0.356 e. The van der Waals surface area contributed by atoms with Crippen LogP contribution in [0.2, 0.25) is 0 Å². The third-order valence-electron chi connectivity index (χ3n) is 3.06. The van der Waals surface area contributed by atoms with Crippen molar-refractivity contribution in [3.63, 3.8) is 0 Å². The van der Waals surface area contributed by atoms with E-state index in [0.29, 0.717) is 12.3 Å². The molecule has 0 radical (unpaired) electrons. The highest BCUT2D eigenvalue weighted by atomic mass is 32.2. The fourth-order valence-electron chi connectivity index (χ4n) is 1.74. The minimum atomic E-state index is -0.947. The summed E-state index contributed by atoms with van der Waals surface area (Å²) in [6, 6.07) is 9.56. The molecule has 0 amide bonds. The van der Waals surface area contributed by atoms with E-state index in [9.17, 15) is 4.21 Å². The molecule has 1 aromatic rings. The Kier molecular flexibility index (Phi) is 5.39. The molecule has 0 aliphatic heterocycles. The maximum Gasteiger partial charge on any atom is 0.191 e. The lowest BCUT2D eigenvalue weighted by Gasteiger charge is -2.11. The number of hydrogen-bond donors (Lipinski definition) is 2. The first-order valence-corrected chi connectivity index (χ1v) is 7.99. The summed E-state index contributed by atoms with van der Waals surface area (Å²) in [5, 5.41) is 6.48. The highest BCUT2D eigenvalue weighted by molar-refractivity contribution is 7.85. The van der Waals surface area contributed by atoms with Crippen LogP contribution in [0.1, 0.15) is 12.8 Å². The molecule has 1 saturated carbocycles. The van der Waals surface area contributed by atoms with Gasteiger partial charge in [0.15, 0.2) is 5.96 Å². The highest BCUT2D eigenvalue weighted by Crippen LogP contribution is 2.27. The monoisotopic (exact) mass is 279 g/mol. The smallest absolute Gasteiger partial charge is 0.191 e. The molecule has 19 heavy (non-hydrogen) atoms. The summed E-state index contributed by atoms with van der Waals surface area (Å²) in [6.45, 7) is 1.65. The first kappa shape index (κ1) is 14.1. The molecule has 0 spiro atoms. The average Bonchev–Trinajstić information content (AvgIpc) is 3.27. The topological polar surface area (TPSA) is 53.5 Å². The normalized spacial score (nSPS) is 17.0. The van der Waals surface area contributed by atoms with Crippen LogP contribution in [0.15, 0.2) is 40.2 Å². The molecule has 1 fully saturated rings. The zero-order chi connectivity index (χ0) is 13.5. The molecule has 5 heteroatoms. The molecule has 1 aliphatic carbocycles. The highest BCUT2D eigenvalue weighted by Gasteiger charge is 2.20. The van der Waals surface area contributed by atoms with E-state index in [-0.39, 0.29) is 0 Å². The summed E-state index contributed by atoms with van der Waals surface area (Å²) < 4.78 is 12.0. The van der Waals surface area contributed by atoms with Crippen LogP contribution >= 0.6 is 0 Å². The molecule has 0 heterocycles. The number of nitrogens with zero attached hydrogens (tertiary/aromatic N) is 1. The molecule has 0 bridgehead atoms. The zero-order valence-corrected chi connectivity index (χ0v) is 12.1. The number of nitrogens with one attached hydrogen (secondary N) is 2. The van der Waals surface area contributed by atoms with E-state index in [1.54, 1.807) is 7.05 Å². The van der Waals surface area contributed by atoms with E-state index in [0.717, 1.165) is 23.3 Å². The Bertz CT molecular complexity index is 443. The molecule has 2 N–H and O–H groups in total. The first-order valence-electron chi connectivity index (χ1n) is 6.67. The third-order valence-corrected chi connectivity index (χ3v) is 4.44. The molecule has 1 unspecified atom stereocenters. The van der Waals surface area contributed by atoms with Gasteiger partial charge < -0.3 is 10.6 Å². The summed E-state index contributed by atoms with van der Waals surface area (Å²) >= 11 is 0. The van der Waals surface area contributed by atoms with Crippen LogP contribution in [0.4, 0.5) is 0 Å². The lowest BCUT2D eigenvalue weighted by molar-refractivity contribution is 0.680. The zero-order valence-electron chi connectivity index (χ0n) is 11.3. The molecular weight excluding hydrogens is 258 g/mol. The van der Waals surface area contributed by atoms with E-state index >= 15 is 0 Å². The van der Waals surface area contributed by atoms with Crippen molar-refractivity contribution < 1.29 is 4.21 Å². The standard InChI is InChI=1S/C14H21N3OS/c1-15-14(17-11-12-7-8-12)16-9-10-19(18)13-5-3-2-4-6-13/h2-6,12H,7-11H2,1H3,(H2,15,16,17). The van der Waals surface area contributed by atoms with Gasteiger partial charge in [-0.2, -0.15) is 0 Å². The van der Waals surface area contributed by atoms with Crippen LogP contribution in [0.25, 0.3) is 0 Å².